The Labute approximate surface area is 83.9 Å². The molecular formula is C6H11N3O6. The van der Waals surface area contributed by atoms with Crippen LogP contribution in [0.25, 0.3) is 0 Å². The lowest BCUT2D eigenvalue weighted by molar-refractivity contribution is -0.127. The van der Waals surface area contributed by atoms with E-state index in [4.69, 9.17) is 21.1 Å². The SMILES string of the molecule is NC(=O)C(O)C(CNC(=O)O)NC(=O)O. The Balaban J connectivity index is 4.36. The molecule has 9 nitrogen and oxygen atoms in total. The minimum atomic E-state index is -1.80. The number of nitrogens with one attached hydrogen (secondary N) is 2. The van der Waals surface area contributed by atoms with E-state index in [9.17, 15) is 14.4 Å². The summed E-state index contributed by atoms with van der Waals surface area (Å²) >= 11 is 0. The molecule has 2 atom stereocenters. The summed E-state index contributed by atoms with van der Waals surface area (Å²) < 4.78 is 0. The molecule has 9 heteroatoms. The van der Waals surface area contributed by atoms with Gasteiger partial charge in [-0.2, -0.15) is 0 Å². The summed E-state index contributed by atoms with van der Waals surface area (Å²) in [6, 6.07) is -1.32. The Hall–Kier alpha value is -2.03. The summed E-state index contributed by atoms with van der Waals surface area (Å²) in [5.74, 6) is -1.15. The standard InChI is InChI=1S/C6H11N3O6/c7-4(11)3(10)2(9-6(14)15)1-8-5(12)13/h2-3,8-10H,1H2,(H2,7,11)(H,12,13)(H,14,15). The lowest BCUT2D eigenvalue weighted by atomic mass is 10.1. The van der Waals surface area contributed by atoms with E-state index in [0.29, 0.717) is 0 Å². The average Bonchev–Trinajstić information content (AvgIpc) is 2.10. The molecule has 0 aliphatic rings. The quantitative estimate of drug-likeness (QED) is 0.307. The molecule has 3 amide bonds. The summed E-state index contributed by atoms with van der Waals surface area (Å²) in [7, 11) is 0. The third-order valence-electron chi connectivity index (χ3n) is 1.45. The fraction of sp³-hybridized carbons (Fsp3) is 0.500. The monoisotopic (exact) mass is 221 g/mol. The van der Waals surface area contributed by atoms with Gasteiger partial charge in [0.15, 0.2) is 6.10 Å². The smallest absolute Gasteiger partial charge is 0.405 e. The van der Waals surface area contributed by atoms with Gasteiger partial charge < -0.3 is 31.7 Å². The van der Waals surface area contributed by atoms with Gasteiger partial charge in [0.05, 0.1) is 6.04 Å². The number of hydrogen-bond acceptors (Lipinski definition) is 4. The maximum absolute atomic E-state index is 10.5. The van der Waals surface area contributed by atoms with Crippen LogP contribution in [0.3, 0.4) is 0 Å². The Bertz CT molecular complexity index is 268. The molecular weight excluding hydrogens is 210 g/mol. The molecule has 0 fully saturated rings. The molecule has 0 saturated carbocycles. The molecule has 86 valence electrons. The van der Waals surface area contributed by atoms with Crippen LogP contribution in [0.4, 0.5) is 9.59 Å². The summed E-state index contributed by atoms with van der Waals surface area (Å²) in [5, 5.41) is 29.2. The Morgan fingerprint density at radius 3 is 2.07 bits per heavy atom. The van der Waals surface area contributed by atoms with Crippen molar-refractivity contribution in [3.8, 4) is 0 Å². The first kappa shape index (κ1) is 13.0. The Morgan fingerprint density at radius 1 is 1.20 bits per heavy atom. The first-order chi connectivity index (χ1) is 6.84. The van der Waals surface area contributed by atoms with Crippen molar-refractivity contribution in [2.75, 3.05) is 6.54 Å². The highest BCUT2D eigenvalue weighted by atomic mass is 16.4. The van der Waals surface area contributed by atoms with Crippen LogP contribution >= 0.6 is 0 Å². The number of aliphatic hydroxyl groups excluding tert-OH is 1. The van der Waals surface area contributed by atoms with Crippen LogP contribution < -0.4 is 16.4 Å². The van der Waals surface area contributed by atoms with Crippen LogP contribution in [0.1, 0.15) is 0 Å². The zero-order valence-corrected chi connectivity index (χ0v) is 7.51. The molecule has 7 N–H and O–H groups in total. The molecule has 0 aromatic heterocycles. The number of amides is 3. The summed E-state index contributed by atoms with van der Waals surface area (Å²) in [6.07, 6.45) is -4.72. The van der Waals surface area contributed by atoms with Gasteiger partial charge in [-0.05, 0) is 0 Å². The fourth-order valence-electron chi connectivity index (χ4n) is 0.796. The zero-order valence-electron chi connectivity index (χ0n) is 7.51. The molecule has 2 unspecified atom stereocenters. The fourth-order valence-corrected chi connectivity index (χ4v) is 0.796. The molecule has 0 bridgehead atoms. The Morgan fingerprint density at radius 2 is 1.73 bits per heavy atom. The van der Waals surface area contributed by atoms with Crippen molar-refractivity contribution in [2.24, 2.45) is 5.73 Å². The van der Waals surface area contributed by atoms with E-state index >= 15 is 0 Å². The highest BCUT2D eigenvalue weighted by Gasteiger charge is 2.25. The van der Waals surface area contributed by atoms with Crippen molar-refractivity contribution in [2.45, 2.75) is 12.1 Å². The van der Waals surface area contributed by atoms with Crippen molar-refractivity contribution < 1.29 is 29.7 Å². The molecule has 0 spiro atoms. The lowest BCUT2D eigenvalue weighted by Crippen LogP contribution is -2.54. The first-order valence-corrected chi connectivity index (χ1v) is 3.78. The van der Waals surface area contributed by atoms with Gasteiger partial charge in [-0.3, -0.25) is 4.79 Å². The van der Waals surface area contributed by atoms with E-state index < -0.39 is 36.8 Å². The number of nitrogens with two attached hydrogens (primary N) is 1. The van der Waals surface area contributed by atoms with E-state index in [1.54, 1.807) is 5.32 Å². The minimum Gasteiger partial charge on any atom is -0.465 e. The number of aliphatic hydroxyl groups is 1. The molecule has 0 aromatic carbocycles. The summed E-state index contributed by atoms with van der Waals surface area (Å²) in [5.41, 5.74) is 4.72. The maximum atomic E-state index is 10.5. The molecule has 0 aromatic rings. The van der Waals surface area contributed by atoms with Crippen molar-refractivity contribution >= 4 is 18.1 Å². The number of carbonyl (C=O) groups excluding carboxylic acids is 1. The highest BCUT2D eigenvalue weighted by molar-refractivity contribution is 5.80. The zero-order chi connectivity index (χ0) is 12.0. The molecule has 15 heavy (non-hydrogen) atoms. The lowest BCUT2D eigenvalue weighted by Gasteiger charge is -2.19. The van der Waals surface area contributed by atoms with Crippen LogP contribution in [0, 0.1) is 0 Å². The van der Waals surface area contributed by atoms with E-state index in [-0.39, 0.29) is 0 Å². The van der Waals surface area contributed by atoms with Crippen LogP contribution in [-0.4, -0.2) is 52.1 Å². The molecule has 0 saturated heterocycles. The highest BCUT2D eigenvalue weighted by Crippen LogP contribution is 1.92. The van der Waals surface area contributed by atoms with Gasteiger partial charge in [0.2, 0.25) is 5.91 Å². The average molecular weight is 221 g/mol. The number of hydrogen-bond donors (Lipinski definition) is 6. The van der Waals surface area contributed by atoms with Crippen LogP contribution in [0.15, 0.2) is 0 Å². The molecule has 0 rings (SSSR count). The van der Waals surface area contributed by atoms with E-state index in [2.05, 4.69) is 0 Å². The van der Waals surface area contributed by atoms with Gasteiger partial charge in [-0.1, -0.05) is 0 Å². The van der Waals surface area contributed by atoms with E-state index in [1.807, 2.05) is 5.32 Å². The number of carbonyl (C=O) groups is 3. The predicted octanol–water partition coefficient (Wildman–Crippen LogP) is -2.26. The van der Waals surface area contributed by atoms with Gasteiger partial charge in [-0.25, -0.2) is 9.59 Å². The summed E-state index contributed by atoms with van der Waals surface area (Å²) in [6.45, 7) is -0.467. The van der Waals surface area contributed by atoms with Crippen molar-refractivity contribution in [3.63, 3.8) is 0 Å². The van der Waals surface area contributed by atoms with Crippen LogP contribution in [0.5, 0.6) is 0 Å². The van der Waals surface area contributed by atoms with Gasteiger partial charge in [0.25, 0.3) is 0 Å². The Kier molecular flexibility index (Phi) is 4.88. The van der Waals surface area contributed by atoms with Crippen molar-refractivity contribution in [3.05, 3.63) is 0 Å². The molecule has 0 radical (unpaired) electrons. The maximum Gasteiger partial charge on any atom is 0.405 e. The van der Waals surface area contributed by atoms with E-state index in [1.165, 1.54) is 0 Å². The molecule has 0 aliphatic heterocycles. The van der Waals surface area contributed by atoms with Crippen LogP contribution in [-0.2, 0) is 4.79 Å². The summed E-state index contributed by atoms with van der Waals surface area (Å²) in [4.78, 5) is 30.9. The predicted molar refractivity (Wildman–Crippen MR) is 46.2 cm³/mol. The molecule has 0 aliphatic carbocycles. The normalized spacial score (nSPS) is 13.7. The largest absolute Gasteiger partial charge is 0.465 e. The third-order valence-corrected chi connectivity index (χ3v) is 1.45. The van der Waals surface area contributed by atoms with E-state index in [0.717, 1.165) is 0 Å². The second-order valence-corrected chi connectivity index (χ2v) is 2.59. The van der Waals surface area contributed by atoms with Gasteiger partial charge >= 0.3 is 12.2 Å². The minimum absolute atomic E-state index is 0.467. The van der Waals surface area contributed by atoms with Gasteiger partial charge in [-0.15, -0.1) is 0 Å². The van der Waals surface area contributed by atoms with Crippen molar-refractivity contribution in [1.82, 2.24) is 10.6 Å². The second kappa shape index (κ2) is 5.65. The van der Waals surface area contributed by atoms with Crippen molar-refractivity contribution in [1.29, 1.82) is 0 Å². The topological polar surface area (TPSA) is 162 Å². The van der Waals surface area contributed by atoms with Crippen LogP contribution in [0.2, 0.25) is 0 Å². The first-order valence-electron chi connectivity index (χ1n) is 3.78. The third kappa shape index (κ3) is 5.31. The number of carboxylic acid groups (broad SMARTS) is 2. The van der Waals surface area contributed by atoms with Gasteiger partial charge in [0.1, 0.15) is 0 Å². The number of rotatable bonds is 5. The number of primary amides is 1. The molecule has 0 heterocycles. The van der Waals surface area contributed by atoms with Gasteiger partial charge in [0, 0.05) is 6.54 Å². The second-order valence-electron chi connectivity index (χ2n) is 2.59.